The van der Waals surface area contributed by atoms with E-state index in [0.29, 0.717) is 6.04 Å². The minimum Gasteiger partial charge on any atom is -0.364 e. The molecule has 13 heavy (non-hydrogen) atoms. The van der Waals surface area contributed by atoms with E-state index in [4.69, 9.17) is 4.52 Å². The van der Waals surface area contributed by atoms with Crippen LogP contribution in [0.2, 0.25) is 0 Å². The second-order valence-corrected chi connectivity index (χ2v) is 4.70. The molecule has 1 aliphatic rings. The van der Waals surface area contributed by atoms with Gasteiger partial charge >= 0.3 is 0 Å². The first kappa shape index (κ1) is 8.75. The lowest BCUT2D eigenvalue weighted by molar-refractivity contribution is 0.0945. The van der Waals surface area contributed by atoms with Gasteiger partial charge in [0.2, 0.25) is 0 Å². The zero-order valence-electron chi connectivity index (χ0n) is 8.66. The van der Waals surface area contributed by atoms with Crippen molar-refractivity contribution in [3.05, 3.63) is 17.5 Å². The fraction of sp³-hybridized carbons (Fsp3) is 0.700. The van der Waals surface area contributed by atoms with Crippen LogP contribution in [0.25, 0.3) is 0 Å². The smallest absolute Gasteiger partial charge is 0.128 e. The Morgan fingerprint density at radius 1 is 1.54 bits per heavy atom. The van der Waals surface area contributed by atoms with Crippen molar-refractivity contribution in [2.45, 2.75) is 45.8 Å². The summed E-state index contributed by atoms with van der Waals surface area (Å²) in [4.78, 5) is 2.43. The number of hydrogen-bond donors (Lipinski definition) is 0. The van der Waals surface area contributed by atoms with Gasteiger partial charge in [0, 0.05) is 17.6 Å². The van der Waals surface area contributed by atoms with Gasteiger partial charge in [0.1, 0.15) is 12.0 Å². The minimum absolute atomic E-state index is 0.202. The maximum Gasteiger partial charge on any atom is 0.128 e. The fourth-order valence-electron chi connectivity index (χ4n) is 2.01. The predicted octanol–water partition coefficient (Wildman–Crippen LogP) is 2.35. The average molecular weight is 180 g/mol. The molecule has 0 aliphatic carbocycles. The molecule has 72 valence electrons. The van der Waals surface area contributed by atoms with Crippen molar-refractivity contribution in [3.63, 3.8) is 0 Å². The van der Waals surface area contributed by atoms with Gasteiger partial charge in [-0.3, -0.25) is 4.90 Å². The van der Waals surface area contributed by atoms with Crippen LogP contribution in [-0.2, 0) is 6.54 Å². The number of rotatable bonds is 0. The quantitative estimate of drug-likeness (QED) is 0.613. The van der Waals surface area contributed by atoms with Crippen LogP contribution in [0.3, 0.4) is 0 Å². The Balaban J connectivity index is 2.29. The van der Waals surface area contributed by atoms with Crippen molar-refractivity contribution in [1.82, 2.24) is 10.1 Å². The van der Waals surface area contributed by atoms with Gasteiger partial charge in [0.15, 0.2) is 0 Å². The molecule has 0 saturated heterocycles. The van der Waals surface area contributed by atoms with Gasteiger partial charge in [-0.15, -0.1) is 0 Å². The summed E-state index contributed by atoms with van der Waals surface area (Å²) in [5, 5.41) is 4.02. The van der Waals surface area contributed by atoms with Crippen LogP contribution in [0.15, 0.2) is 10.8 Å². The molecule has 0 radical (unpaired) electrons. The van der Waals surface area contributed by atoms with E-state index in [1.54, 1.807) is 6.26 Å². The van der Waals surface area contributed by atoms with Crippen molar-refractivity contribution in [3.8, 4) is 0 Å². The van der Waals surface area contributed by atoms with Crippen LogP contribution in [0, 0.1) is 0 Å². The standard InChI is InChI=1S/C10H16N2O/c1-7-9-8(6-13-11-9)5-12(7)10(2,3)4/h6-7H,5H2,1-4H3/t7-/m1/s1. The Labute approximate surface area is 78.7 Å². The molecule has 0 amide bonds. The van der Waals surface area contributed by atoms with Crippen molar-refractivity contribution < 1.29 is 4.52 Å². The van der Waals surface area contributed by atoms with E-state index in [-0.39, 0.29) is 5.54 Å². The third-order valence-electron chi connectivity index (χ3n) is 2.74. The van der Waals surface area contributed by atoms with Crippen LogP contribution in [-0.4, -0.2) is 15.6 Å². The van der Waals surface area contributed by atoms with Gasteiger partial charge in [0.05, 0.1) is 6.04 Å². The minimum atomic E-state index is 0.202. The largest absolute Gasteiger partial charge is 0.364 e. The molecule has 3 heteroatoms. The molecular formula is C10H16N2O. The van der Waals surface area contributed by atoms with Crippen molar-refractivity contribution in [2.75, 3.05) is 0 Å². The summed E-state index contributed by atoms with van der Waals surface area (Å²) in [5.41, 5.74) is 2.55. The van der Waals surface area contributed by atoms with Crippen molar-refractivity contribution >= 4 is 0 Å². The van der Waals surface area contributed by atoms with Gasteiger partial charge in [-0.25, -0.2) is 0 Å². The van der Waals surface area contributed by atoms with E-state index in [0.717, 1.165) is 12.2 Å². The molecular weight excluding hydrogens is 164 g/mol. The summed E-state index contributed by atoms with van der Waals surface area (Å²) in [7, 11) is 0. The van der Waals surface area contributed by atoms with Crippen molar-refractivity contribution in [2.24, 2.45) is 0 Å². The maximum absolute atomic E-state index is 4.94. The number of nitrogens with zero attached hydrogens (tertiary/aromatic N) is 2. The summed E-state index contributed by atoms with van der Waals surface area (Å²) in [6.45, 7) is 9.83. The zero-order valence-corrected chi connectivity index (χ0v) is 8.66. The van der Waals surface area contributed by atoms with Gasteiger partial charge < -0.3 is 4.52 Å². The molecule has 3 nitrogen and oxygen atoms in total. The van der Waals surface area contributed by atoms with Gasteiger partial charge in [0.25, 0.3) is 0 Å². The van der Waals surface area contributed by atoms with Gasteiger partial charge in [-0.2, -0.15) is 0 Å². The molecule has 1 aromatic rings. The molecule has 0 saturated carbocycles. The third kappa shape index (κ3) is 1.27. The summed E-state index contributed by atoms with van der Waals surface area (Å²) in [6, 6.07) is 0.383. The molecule has 1 aromatic heterocycles. The topological polar surface area (TPSA) is 29.3 Å². The first-order valence-corrected chi connectivity index (χ1v) is 4.70. The summed E-state index contributed by atoms with van der Waals surface area (Å²) in [5.74, 6) is 0. The highest BCUT2D eigenvalue weighted by molar-refractivity contribution is 5.24. The molecule has 0 aromatic carbocycles. The maximum atomic E-state index is 4.94. The Morgan fingerprint density at radius 3 is 2.77 bits per heavy atom. The number of hydrogen-bond acceptors (Lipinski definition) is 3. The Kier molecular flexibility index (Phi) is 1.74. The monoisotopic (exact) mass is 180 g/mol. The lowest BCUT2D eigenvalue weighted by atomic mass is 10.1. The lowest BCUT2D eigenvalue weighted by Gasteiger charge is -2.35. The van der Waals surface area contributed by atoms with Crippen LogP contribution in [0.4, 0.5) is 0 Å². The van der Waals surface area contributed by atoms with Crippen LogP contribution < -0.4 is 0 Å². The first-order valence-electron chi connectivity index (χ1n) is 4.70. The predicted molar refractivity (Wildman–Crippen MR) is 50.2 cm³/mol. The van der Waals surface area contributed by atoms with E-state index in [9.17, 15) is 0 Å². The fourth-order valence-corrected chi connectivity index (χ4v) is 2.01. The molecule has 1 aliphatic heterocycles. The second-order valence-electron chi connectivity index (χ2n) is 4.70. The molecule has 0 spiro atoms. The van der Waals surface area contributed by atoms with E-state index in [1.807, 2.05) is 0 Å². The van der Waals surface area contributed by atoms with E-state index in [1.165, 1.54) is 5.56 Å². The van der Waals surface area contributed by atoms with Crippen LogP contribution >= 0.6 is 0 Å². The van der Waals surface area contributed by atoms with Crippen molar-refractivity contribution in [1.29, 1.82) is 0 Å². The van der Waals surface area contributed by atoms with Crippen LogP contribution in [0.5, 0.6) is 0 Å². The van der Waals surface area contributed by atoms with Gasteiger partial charge in [-0.1, -0.05) is 5.16 Å². The van der Waals surface area contributed by atoms with Crippen LogP contribution in [0.1, 0.15) is 45.0 Å². The SMILES string of the molecule is C[C@@H]1c2nocc2CN1C(C)(C)C. The Bertz CT molecular complexity index is 311. The lowest BCUT2D eigenvalue weighted by Crippen LogP contribution is -2.39. The molecule has 0 bridgehead atoms. The third-order valence-corrected chi connectivity index (χ3v) is 2.74. The highest BCUT2D eigenvalue weighted by atomic mass is 16.5. The molecule has 1 atom stereocenters. The summed E-state index contributed by atoms with van der Waals surface area (Å²) in [6.07, 6.45) is 1.76. The normalized spacial score (nSPS) is 23.5. The molecule has 0 fully saturated rings. The number of aromatic nitrogens is 1. The van der Waals surface area contributed by atoms with Gasteiger partial charge in [-0.05, 0) is 27.7 Å². The summed E-state index contributed by atoms with van der Waals surface area (Å²) < 4.78 is 4.94. The van der Waals surface area contributed by atoms with E-state index < -0.39 is 0 Å². The zero-order chi connectivity index (χ0) is 9.64. The average Bonchev–Trinajstić information content (AvgIpc) is 2.51. The molecule has 0 unspecified atom stereocenters. The molecule has 0 N–H and O–H groups in total. The Morgan fingerprint density at radius 2 is 2.23 bits per heavy atom. The number of fused-ring (bicyclic) bond motifs is 1. The first-order chi connectivity index (χ1) is 6.00. The summed E-state index contributed by atoms with van der Waals surface area (Å²) >= 11 is 0. The highest BCUT2D eigenvalue weighted by Gasteiger charge is 2.36. The Hall–Kier alpha value is -0.830. The van der Waals surface area contributed by atoms with E-state index >= 15 is 0 Å². The highest BCUT2D eigenvalue weighted by Crippen LogP contribution is 2.37. The molecule has 2 heterocycles. The second kappa shape index (κ2) is 2.58. The molecule has 2 rings (SSSR count). The van der Waals surface area contributed by atoms with E-state index in [2.05, 4.69) is 37.8 Å².